The molecule has 6 heteroatoms. The summed E-state index contributed by atoms with van der Waals surface area (Å²) in [6, 6.07) is 13.3. The molecule has 1 amide bonds. The number of pyridine rings is 1. The maximum absolute atomic E-state index is 11.9. The second kappa shape index (κ2) is 7.02. The van der Waals surface area contributed by atoms with Gasteiger partial charge in [0.2, 0.25) is 0 Å². The third-order valence-corrected chi connectivity index (χ3v) is 4.26. The molecule has 0 bridgehead atoms. The van der Waals surface area contributed by atoms with Crippen LogP contribution in [0.15, 0.2) is 54.9 Å². The largest absolute Gasteiger partial charge is 0.444 e. The van der Waals surface area contributed by atoms with Crippen LogP contribution in [-0.2, 0) is 11.3 Å². The Labute approximate surface area is 138 Å². The van der Waals surface area contributed by atoms with Gasteiger partial charge in [-0.3, -0.25) is 10.3 Å². The summed E-state index contributed by atoms with van der Waals surface area (Å²) in [4.78, 5) is 20.5. The lowest BCUT2D eigenvalue weighted by Gasteiger charge is -2.05. The molecule has 0 unspecified atom stereocenters. The summed E-state index contributed by atoms with van der Waals surface area (Å²) in [5, 5.41) is 4.24. The van der Waals surface area contributed by atoms with E-state index in [4.69, 9.17) is 4.74 Å². The number of aromatic nitrogens is 2. The highest BCUT2D eigenvalue weighted by Gasteiger charge is 2.13. The number of benzene rings is 1. The van der Waals surface area contributed by atoms with Crippen molar-refractivity contribution in [1.29, 1.82) is 0 Å². The average Bonchev–Trinajstić information content (AvgIpc) is 2.95. The van der Waals surface area contributed by atoms with Crippen molar-refractivity contribution < 1.29 is 9.53 Å². The lowest BCUT2D eigenvalue weighted by Crippen LogP contribution is -2.13. The molecule has 0 atom stereocenters. The quantitative estimate of drug-likeness (QED) is 0.778. The van der Waals surface area contributed by atoms with Crippen LogP contribution < -0.4 is 5.32 Å². The highest BCUT2D eigenvalue weighted by molar-refractivity contribution is 7.19. The molecule has 1 N–H and O–H groups in total. The number of carbonyl (C=O) groups is 1. The van der Waals surface area contributed by atoms with E-state index in [2.05, 4.69) is 15.3 Å². The van der Waals surface area contributed by atoms with Crippen LogP contribution in [0.25, 0.3) is 10.6 Å². The topological polar surface area (TPSA) is 64.1 Å². The van der Waals surface area contributed by atoms with E-state index in [1.807, 2.05) is 49.4 Å². The first-order valence-electron chi connectivity index (χ1n) is 7.08. The molecule has 0 saturated carbocycles. The Bertz CT molecular complexity index is 788. The molecule has 0 radical (unpaired) electrons. The number of ether oxygens (including phenoxy) is 1. The minimum Gasteiger partial charge on any atom is -0.444 e. The molecular formula is C17H15N3O2S. The predicted octanol–water partition coefficient (Wildman–Crippen LogP) is 4.26. The summed E-state index contributed by atoms with van der Waals surface area (Å²) in [6.07, 6.45) is 2.97. The highest BCUT2D eigenvalue weighted by atomic mass is 32.1. The monoisotopic (exact) mass is 325 g/mol. The summed E-state index contributed by atoms with van der Waals surface area (Å²) >= 11 is 1.40. The first-order chi connectivity index (χ1) is 11.2. The Balaban J connectivity index is 1.64. The number of nitrogens with one attached hydrogen (secondary N) is 1. The van der Waals surface area contributed by atoms with Gasteiger partial charge < -0.3 is 4.74 Å². The maximum atomic E-state index is 11.9. The number of nitrogens with zero attached hydrogens (tertiary/aromatic N) is 2. The molecule has 3 aromatic rings. The summed E-state index contributed by atoms with van der Waals surface area (Å²) in [6.45, 7) is 2.09. The van der Waals surface area contributed by atoms with Crippen molar-refractivity contribution in [3.05, 3.63) is 66.1 Å². The van der Waals surface area contributed by atoms with Gasteiger partial charge in [0.05, 0.1) is 5.69 Å². The number of thiazole rings is 1. The van der Waals surface area contributed by atoms with Crippen LogP contribution in [0.5, 0.6) is 0 Å². The number of hydrogen-bond donors (Lipinski definition) is 1. The number of amides is 1. The van der Waals surface area contributed by atoms with Crippen molar-refractivity contribution >= 4 is 22.4 Å². The van der Waals surface area contributed by atoms with Gasteiger partial charge in [0, 0.05) is 18.0 Å². The van der Waals surface area contributed by atoms with Gasteiger partial charge in [-0.25, -0.2) is 9.78 Å². The minimum absolute atomic E-state index is 0.236. The van der Waals surface area contributed by atoms with Crippen molar-refractivity contribution in [1.82, 2.24) is 9.97 Å². The number of aryl methyl sites for hydroxylation is 1. The van der Waals surface area contributed by atoms with Gasteiger partial charge in [-0.1, -0.05) is 41.7 Å². The Morgan fingerprint density at radius 1 is 1.22 bits per heavy atom. The van der Waals surface area contributed by atoms with E-state index in [0.29, 0.717) is 5.00 Å². The third kappa shape index (κ3) is 3.92. The SMILES string of the molecule is Cc1nc(-c2cccnc2)sc1NC(=O)OCc1ccccc1. The smallest absolute Gasteiger partial charge is 0.412 e. The van der Waals surface area contributed by atoms with Gasteiger partial charge in [-0.05, 0) is 24.6 Å². The molecule has 2 aromatic heterocycles. The van der Waals surface area contributed by atoms with E-state index in [1.54, 1.807) is 12.4 Å². The van der Waals surface area contributed by atoms with Crippen LogP contribution in [0, 0.1) is 6.92 Å². The molecule has 0 aliphatic heterocycles. The van der Waals surface area contributed by atoms with E-state index >= 15 is 0 Å². The lowest BCUT2D eigenvalue weighted by atomic mass is 10.2. The van der Waals surface area contributed by atoms with Crippen molar-refractivity contribution in [2.24, 2.45) is 0 Å². The molecule has 3 rings (SSSR count). The van der Waals surface area contributed by atoms with Crippen LogP contribution in [0.2, 0.25) is 0 Å². The summed E-state index contributed by atoms with van der Waals surface area (Å²) < 4.78 is 5.22. The van der Waals surface area contributed by atoms with E-state index in [1.165, 1.54) is 11.3 Å². The zero-order chi connectivity index (χ0) is 16.1. The first-order valence-corrected chi connectivity index (χ1v) is 7.89. The van der Waals surface area contributed by atoms with Crippen molar-refractivity contribution in [3.8, 4) is 10.6 Å². The summed E-state index contributed by atoms with van der Waals surface area (Å²) in [5.41, 5.74) is 2.62. The molecular weight excluding hydrogens is 310 g/mol. The molecule has 0 spiro atoms. The molecule has 1 aromatic carbocycles. The van der Waals surface area contributed by atoms with Crippen LogP contribution in [-0.4, -0.2) is 16.1 Å². The van der Waals surface area contributed by atoms with Gasteiger partial charge in [0.25, 0.3) is 0 Å². The van der Waals surface area contributed by atoms with Gasteiger partial charge in [0.1, 0.15) is 16.6 Å². The second-order valence-electron chi connectivity index (χ2n) is 4.86. The Morgan fingerprint density at radius 3 is 2.78 bits per heavy atom. The van der Waals surface area contributed by atoms with E-state index in [-0.39, 0.29) is 6.61 Å². The standard InChI is InChI=1S/C17H15N3O2S/c1-12-15(23-16(19-12)14-8-5-9-18-10-14)20-17(21)22-11-13-6-3-2-4-7-13/h2-10H,11H2,1H3,(H,20,21). The molecule has 0 aliphatic rings. The lowest BCUT2D eigenvalue weighted by molar-refractivity contribution is 0.155. The Morgan fingerprint density at radius 2 is 2.04 bits per heavy atom. The van der Waals surface area contributed by atoms with E-state index in [0.717, 1.165) is 21.8 Å². The van der Waals surface area contributed by atoms with Crippen LogP contribution in [0.1, 0.15) is 11.3 Å². The molecule has 5 nitrogen and oxygen atoms in total. The number of carbonyl (C=O) groups excluding carboxylic acids is 1. The minimum atomic E-state index is -0.488. The zero-order valence-corrected chi connectivity index (χ0v) is 13.3. The predicted molar refractivity (Wildman–Crippen MR) is 90.3 cm³/mol. The zero-order valence-electron chi connectivity index (χ0n) is 12.5. The van der Waals surface area contributed by atoms with E-state index < -0.39 is 6.09 Å². The molecule has 116 valence electrons. The number of hydrogen-bond acceptors (Lipinski definition) is 5. The maximum Gasteiger partial charge on any atom is 0.412 e. The Hall–Kier alpha value is -2.73. The second-order valence-corrected chi connectivity index (χ2v) is 5.86. The molecule has 0 saturated heterocycles. The van der Waals surface area contributed by atoms with Crippen molar-refractivity contribution in [2.45, 2.75) is 13.5 Å². The molecule has 23 heavy (non-hydrogen) atoms. The number of rotatable bonds is 4. The van der Waals surface area contributed by atoms with E-state index in [9.17, 15) is 4.79 Å². The van der Waals surface area contributed by atoms with Gasteiger partial charge in [-0.2, -0.15) is 0 Å². The third-order valence-electron chi connectivity index (χ3n) is 3.13. The fourth-order valence-electron chi connectivity index (χ4n) is 1.98. The highest BCUT2D eigenvalue weighted by Crippen LogP contribution is 2.31. The average molecular weight is 325 g/mol. The Kier molecular flexibility index (Phi) is 4.63. The summed E-state index contributed by atoms with van der Waals surface area (Å²) in [5.74, 6) is 0. The summed E-state index contributed by atoms with van der Waals surface area (Å²) in [7, 11) is 0. The number of anilines is 1. The van der Waals surface area contributed by atoms with Crippen LogP contribution >= 0.6 is 11.3 Å². The fraction of sp³-hybridized carbons (Fsp3) is 0.118. The van der Waals surface area contributed by atoms with Crippen LogP contribution in [0.4, 0.5) is 9.80 Å². The van der Waals surface area contributed by atoms with Crippen LogP contribution in [0.3, 0.4) is 0 Å². The molecule has 0 aliphatic carbocycles. The van der Waals surface area contributed by atoms with Gasteiger partial charge in [-0.15, -0.1) is 0 Å². The molecule has 0 fully saturated rings. The first kappa shape index (κ1) is 15.2. The van der Waals surface area contributed by atoms with Crippen molar-refractivity contribution in [2.75, 3.05) is 5.32 Å². The fourth-order valence-corrected chi connectivity index (χ4v) is 2.92. The van der Waals surface area contributed by atoms with Gasteiger partial charge >= 0.3 is 6.09 Å². The normalized spacial score (nSPS) is 10.3. The van der Waals surface area contributed by atoms with Gasteiger partial charge in [0.15, 0.2) is 0 Å². The van der Waals surface area contributed by atoms with Crippen molar-refractivity contribution in [3.63, 3.8) is 0 Å². The molecule has 2 heterocycles.